The maximum absolute atomic E-state index is 12.8. The molecule has 2 aromatic carbocycles. The van der Waals surface area contributed by atoms with Gasteiger partial charge in [-0.1, -0.05) is 41.6 Å². The average molecular weight is 385 g/mol. The third-order valence-electron chi connectivity index (χ3n) is 3.51. The number of hydrogen-bond donors (Lipinski definition) is 1. The zero-order valence-corrected chi connectivity index (χ0v) is 14.3. The van der Waals surface area contributed by atoms with Crippen LogP contribution in [0.1, 0.15) is 11.1 Å². The molecular weight excluding hydrogens is 373 g/mol. The molecule has 0 saturated carbocycles. The molecule has 0 aliphatic carbocycles. The van der Waals surface area contributed by atoms with Crippen molar-refractivity contribution in [3.63, 3.8) is 0 Å². The lowest BCUT2D eigenvalue weighted by Crippen LogP contribution is -2.26. The van der Waals surface area contributed by atoms with Gasteiger partial charge in [-0.25, -0.2) is 4.99 Å². The standard InChI is InChI=1S/C17H12ClF3N2OS/c18-12-4-6-13(7-5-12)22-16-23-15(24)14(25-16)9-10-2-1-3-11(8-10)17(19,20)21/h1-8,14H,9H2,(H,22,23,24). The van der Waals surface area contributed by atoms with Gasteiger partial charge in [0, 0.05) is 5.02 Å². The molecule has 3 rings (SSSR count). The molecule has 1 heterocycles. The highest BCUT2D eigenvalue weighted by Gasteiger charge is 2.33. The van der Waals surface area contributed by atoms with Crippen molar-refractivity contribution < 1.29 is 18.0 Å². The molecule has 1 saturated heterocycles. The van der Waals surface area contributed by atoms with E-state index in [-0.39, 0.29) is 12.3 Å². The molecule has 1 fully saturated rings. The van der Waals surface area contributed by atoms with Crippen molar-refractivity contribution in [1.82, 2.24) is 5.32 Å². The summed E-state index contributed by atoms with van der Waals surface area (Å²) in [5, 5.41) is 3.13. The zero-order valence-electron chi connectivity index (χ0n) is 12.7. The fourth-order valence-corrected chi connectivity index (χ4v) is 3.47. The van der Waals surface area contributed by atoms with Crippen LogP contribution in [0.5, 0.6) is 0 Å². The number of thioether (sulfide) groups is 1. The Balaban J connectivity index is 1.72. The van der Waals surface area contributed by atoms with Crippen molar-refractivity contribution in [1.29, 1.82) is 0 Å². The van der Waals surface area contributed by atoms with E-state index in [2.05, 4.69) is 10.3 Å². The lowest BCUT2D eigenvalue weighted by atomic mass is 10.1. The highest BCUT2D eigenvalue weighted by atomic mass is 35.5. The normalized spacial score (nSPS) is 19.3. The molecule has 0 spiro atoms. The summed E-state index contributed by atoms with van der Waals surface area (Å²) in [6.45, 7) is 0. The molecule has 1 atom stereocenters. The number of rotatable bonds is 3. The Bertz CT molecular complexity index is 821. The van der Waals surface area contributed by atoms with E-state index < -0.39 is 17.0 Å². The van der Waals surface area contributed by atoms with Crippen LogP contribution in [0, 0.1) is 0 Å². The van der Waals surface area contributed by atoms with Crippen molar-refractivity contribution in [2.24, 2.45) is 4.99 Å². The maximum atomic E-state index is 12.8. The second-order valence-electron chi connectivity index (χ2n) is 5.39. The first-order valence-corrected chi connectivity index (χ1v) is 8.55. The highest BCUT2D eigenvalue weighted by Crippen LogP contribution is 2.31. The van der Waals surface area contributed by atoms with E-state index >= 15 is 0 Å². The molecule has 1 amide bonds. The summed E-state index contributed by atoms with van der Waals surface area (Å²) in [7, 11) is 0. The third kappa shape index (κ3) is 4.55. The molecule has 0 aromatic heterocycles. The lowest BCUT2D eigenvalue weighted by molar-refractivity contribution is -0.137. The van der Waals surface area contributed by atoms with E-state index in [4.69, 9.17) is 11.6 Å². The number of amidine groups is 1. The Morgan fingerprint density at radius 1 is 1.16 bits per heavy atom. The fourth-order valence-electron chi connectivity index (χ4n) is 2.31. The minimum absolute atomic E-state index is 0.195. The van der Waals surface area contributed by atoms with Gasteiger partial charge in [0.05, 0.1) is 16.5 Å². The van der Waals surface area contributed by atoms with Gasteiger partial charge in [0.1, 0.15) is 0 Å². The molecule has 1 aliphatic rings. The van der Waals surface area contributed by atoms with Crippen molar-refractivity contribution in [2.75, 3.05) is 0 Å². The number of hydrogen-bond acceptors (Lipinski definition) is 3. The summed E-state index contributed by atoms with van der Waals surface area (Å²) in [5.41, 5.74) is 0.366. The predicted octanol–water partition coefficient (Wildman–Crippen LogP) is 4.82. The van der Waals surface area contributed by atoms with Crippen LogP contribution in [0.2, 0.25) is 5.02 Å². The smallest absolute Gasteiger partial charge is 0.304 e. The summed E-state index contributed by atoms with van der Waals surface area (Å²) < 4.78 is 38.3. The number of benzene rings is 2. The molecule has 25 heavy (non-hydrogen) atoms. The molecule has 0 bridgehead atoms. The van der Waals surface area contributed by atoms with E-state index in [0.717, 1.165) is 12.1 Å². The molecule has 3 nitrogen and oxygen atoms in total. The predicted molar refractivity (Wildman–Crippen MR) is 93.2 cm³/mol. The molecule has 130 valence electrons. The quantitative estimate of drug-likeness (QED) is 0.824. The molecular formula is C17H12ClF3N2OS. The van der Waals surface area contributed by atoms with Gasteiger partial charge in [-0.2, -0.15) is 13.2 Å². The van der Waals surface area contributed by atoms with Gasteiger partial charge in [-0.3, -0.25) is 4.79 Å². The van der Waals surface area contributed by atoms with Crippen molar-refractivity contribution in [3.05, 3.63) is 64.7 Å². The van der Waals surface area contributed by atoms with Crippen LogP contribution in [-0.4, -0.2) is 16.3 Å². The molecule has 0 radical (unpaired) electrons. The summed E-state index contributed by atoms with van der Waals surface area (Å²) in [6.07, 6.45) is -4.21. The highest BCUT2D eigenvalue weighted by molar-refractivity contribution is 8.15. The number of amides is 1. The number of carbonyl (C=O) groups is 1. The number of nitrogens with zero attached hydrogens (tertiary/aromatic N) is 1. The van der Waals surface area contributed by atoms with E-state index in [1.165, 1.54) is 17.8 Å². The second kappa shape index (κ2) is 7.09. The van der Waals surface area contributed by atoms with Gasteiger partial charge in [-0.15, -0.1) is 0 Å². The van der Waals surface area contributed by atoms with E-state index in [9.17, 15) is 18.0 Å². The van der Waals surface area contributed by atoms with Gasteiger partial charge in [0.2, 0.25) is 5.91 Å². The Morgan fingerprint density at radius 2 is 1.88 bits per heavy atom. The van der Waals surface area contributed by atoms with Crippen LogP contribution in [0.15, 0.2) is 53.5 Å². The summed E-state index contributed by atoms with van der Waals surface area (Å²) >= 11 is 7.01. The summed E-state index contributed by atoms with van der Waals surface area (Å²) in [6, 6.07) is 11.8. The lowest BCUT2D eigenvalue weighted by Gasteiger charge is -2.10. The molecule has 1 unspecified atom stereocenters. The zero-order chi connectivity index (χ0) is 18.0. The number of halogens is 4. The van der Waals surface area contributed by atoms with Crippen LogP contribution in [0.3, 0.4) is 0 Å². The first kappa shape index (κ1) is 17.8. The molecule has 2 aromatic rings. The van der Waals surface area contributed by atoms with Crippen LogP contribution in [0.4, 0.5) is 18.9 Å². The van der Waals surface area contributed by atoms with Crippen molar-refractivity contribution in [3.8, 4) is 0 Å². The van der Waals surface area contributed by atoms with Crippen LogP contribution >= 0.6 is 23.4 Å². The first-order valence-electron chi connectivity index (χ1n) is 7.29. The minimum Gasteiger partial charge on any atom is -0.304 e. The van der Waals surface area contributed by atoms with Crippen molar-refractivity contribution >= 4 is 40.1 Å². The van der Waals surface area contributed by atoms with Gasteiger partial charge in [0.25, 0.3) is 0 Å². The summed E-state index contributed by atoms with van der Waals surface area (Å²) in [4.78, 5) is 16.4. The Labute approximate surface area is 151 Å². The second-order valence-corrected chi connectivity index (χ2v) is 7.02. The van der Waals surface area contributed by atoms with E-state index in [0.29, 0.717) is 21.4 Å². The van der Waals surface area contributed by atoms with Crippen LogP contribution in [-0.2, 0) is 17.4 Å². The average Bonchev–Trinajstić information content (AvgIpc) is 2.88. The fraction of sp³-hybridized carbons (Fsp3) is 0.176. The Hall–Kier alpha value is -1.99. The third-order valence-corrected chi connectivity index (χ3v) is 4.84. The first-order chi connectivity index (χ1) is 11.8. The maximum Gasteiger partial charge on any atom is 0.416 e. The van der Waals surface area contributed by atoms with Gasteiger partial charge in [0.15, 0.2) is 5.17 Å². The van der Waals surface area contributed by atoms with E-state index in [1.54, 1.807) is 30.3 Å². The number of alkyl halides is 3. The van der Waals surface area contributed by atoms with E-state index in [1.807, 2.05) is 0 Å². The minimum atomic E-state index is -4.40. The monoisotopic (exact) mass is 384 g/mol. The van der Waals surface area contributed by atoms with Crippen molar-refractivity contribution in [2.45, 2.75) is 17.8 Å². The topological polar surface area (TPSA) is 41.5 Å². The Kier molecular flexibility index (Phi) is 5.06. The van der Waals surface area contributed by atoms with Gasteiger partial charge >= 0.3 is 6.18 Å². The molecule has 8 heteroatoms. The van der Waals surface area contributed by atoms with Crippen LogP contribution in [0.25, 0.3) is 0 Å². The number of nitrogens with one attached hydrogen (secondary N) is 1. The SMILES string of the molecule is O=C1N/C(=N\c2ccc(Cl)cc2)SC1Cc1cccc(C(F)(F)F)c1. The number of aliphatic imine (C=N–C) groups is 1. The largest absolute Gasteiger partial charge is 0.416 e. The molecule has 1 N–H and O–H groups in total. The number of carbonyl (C=O) groups excluding carboxylic acids is 1. The Morgan fingerprint density at radius 3 is 2.56 bits per heavy atom. The molecule has 1 aliphatic heterocycles. The summed E-state index contributed by atoms with van der Waals surface area (Å²) in [5.74, 6) is -0.268. The van der Waals surface area contributed by atoms with Gasteiger partial charge in [-0.05, 0) is 42.3 Å². The van der Waals surface area contributed by atoms with Crippen LogP contribution < -0.4 is 5.32 Å². The van der Waals surface area contributed by atoms with Gasteiger partial charge < -0.3 is 5.32 Å².